The second kappa shape index (κ2) is 10.4. The van der Waals surface area contributed by atoms with Gasteiger partial charge in [0.2, 0.25) is 0 Å². The van der Waals surface area contributed by atoms with Crippen LogP contribution in [0.5, 0.6) is 5.75 Å². The Morgan fingerprint density at radius 2 is 1.77 bits per heavy atom. The van der Waals surface area contributed by atoms with Crippen molar-refractivity contribution in [3.63, 3.8) is 0 Å². The third-order valence-electron chi connectivity index (χ3n) is 4.06. The Balaban J connectivity index is 1.57. The van der Waals surface area contributed by atoms with Gasteiger partial charge in [0.1, 0.15) is 29.0 Å². The summed E-state index contributed by atoms with van der Waals surface area (Å²) in [5.74, 6) is -0.608. The molecule has 0 unspecified atom stereocenters. The molecule has 0 saturated carbocycles. The number of hydrogen-bond acceptors (Lipinski definition) is 5. The maximum Gasteiger partial charge on any atom is 0.336 e. The Labute approximate surface area is 177 Å². The Bertz CT molecular complexity index is 1140. The number of benzene rings is 2. The van der Waals surface area contributed by atoms with E-state index in [1.807, 2.05) is 6.07 Å². The molecule has 7 heteroatoms. The zero-order chi connectivity index (χ0) is 22.1. The molecule has 0 aliphatic carbocycles. The molecule has 2 aromatic carbocycles. The number of amides is 1. The molecule has 3 aromatic rings. The van der Waals surface area contributed by atoms with E-state index in [1.165, 1.54) is 48.8 Å². The van der Waals surface area contributed by atoms with Gasteiger partial charge in [-0.15, -0.1) is 0 Å². The Morgan fingerprint density at radius 3 is 2.42 bits per heavy atom. The number of esters is 1. The molecule has 31 heavy (non-hydrogen) atoms. The first-order valence-electron chi connectivity index (χ1n) is 9.21. The first kappa shape index (κ1) is 21.3. The van der Waals surface area contributed by atoms with Crippen molar-refractivity contribution in [3.05, 3.63) is 101 Å². The van der Waals surface area contributed by atoms with Crippen molar-refractivity contribution in [1.82, 2.24) is 5.32 Å². The van der Waals surface area contributed by atoms with Gasteiger partial charge in [-0.1, -0.05) is 24.3 Å². The molecule has 6 nitrogen and oxygen atoms in total. The second-order valence-electron chi connectivity index (χ2n) is 6.31. The van der Waals surface area contributed by atoms with E-state index in [0.29, 0.717) is 22.6 Å². The Kier molecular flexibility index (Phi) is 7.12. The molecule has 0 saturated heterocycles. The number of furan rings is 1. The SMILES string of the molecule is N#C/C(=C\c1ccc(OC(=O)/C=C/c2ccc(F)cc2)cc1)C(=O)NCc1ccco1. The predicted molar refractivity (Wildman–Crippen MR) is 112 cm³/mol. The number of rotatable bonds is 7. The largest absolute Gasteiger partial charge is 0.467 e. The number of hydrogen-bond donors (Lipinski definition) is 1. The van der Waals surface area contributed by atoms with Gasteiger partial charge in [-0.25, -0.2) is 9.18 Å². The molecule has 0 atom stereocenters. The number of ether oxygens (including phenoxy) is 1. The topological polar surface area (TPSA) is 92.3 Å². The van der Waals surface area contributed by atoms with Gasteiger partial charge in [-0.3, -0.25) is 4.79 Å². The zero-order valence-electron chi connectivity index (χ0n) is 16.2. The lowest BCUT2D eigenvalue weighted by atomic mass is 10.1. The monoisotopic (exact) mass is 416 g/mol. The molecular weight excluding hydrogens is 399 g/mol. The highest BCUT2D eigenvalue weighted by atomic mass is 19.1. The normalized spacial score (nSPS) is 11.2. The summed E-state index contributed by atoms with van der Waals surface area (Å²) in [6, 6.07) is 17.3. The molecule has 1 amide bonds. The average Bonchev–Trinajstić information content (AvgIpc) is 3.30. The van der Waals surface area contributed by atoms with Crippen molar-refractivity contribution < 1.29 is 23.1 Å². The number of nitriles is 1. The number of nitrogens with zero attached hydrogens (tertiary/aromatic N) is 1. The van der Waals surface area contributed by atoms with Crippen LogP contribution in [0.4, 0.5) is 4.39 Å². The van der Waals surface area contributed by atoms with E-state index in [9.17, 15) is 19.2 Å². The fourth-order valence-electron chi connectivity index (χ4n) is 2.51. The summed E-state index contributed by atoms with van der Waals surface area (Å²) in [5.41, 5.74) is 1.18. The van der Waals surface area contributed by atoms with Gasteiger partial charge >= 0.3 is 5.97 Å². The molecule has 0 bridgehead atoms. The van der Waals surface area contributed by atoms with Crippen molar-refractivity contribution in [2.24, 2.45) is 0 Å². The Morgan fingerprint density at radius 1 is 1.06 bits per heavy atom. The first-order chi connectivity index (χ1) is 15.0. The van der Waals surface area contributed by atoms with Crippen molar-refractivity contribution in [1.29, 1.82) is 5.26 Å². The molecule has 0 aliphatic rings. The summed E-state index contributed by atoms with van der Waals surface area (Å²) in [4.78, 5) is 24.1. The van der Waals surface area contributed by atoms with Crippen LogP contribution in [0.2, 0.25) is 0 Å². The van der Waals surface area contributed by atoms with E-state index in [4.69, 9.17) is 9.15 Å². The molecule has 1 N–H and O–H groups in total. The molecule has 3 rings (SSSR count). The van der Waals surface area contributed by atoms with Crippen LogP contribution in [0.15, 0.2) is 83.0 Å². The van der Waals surface area contributed by atoms with Crippen molar-refractivity contribution >= 4 is 24.0 Å². The van der Waals surface area contributed by atoms with Crippen molar-refractivity contribution in [3.8, 4) is 11.8 Å². The molecule has 1 aromatic heterocycles. The van der Waals surface area contributed by atoms with Gasteiger partial charge in [0.15, 0.2) is 0 Å². The number of carbonyl (C=O) groups is 2. The number of halogens is 1. The third kappa shape index (κ3) is 6.54. The Hall–Kier alpha value is -4.44. The van der Waals surface area contributed by atoms with Crippen molar-refractivity contribution in [2.45, 2.75) is 6.54 Å². The molecule has 1 heterocycles. The van der Waals surface area contributed by atoms with Gasteiger partial charge < -0.3 is 14.5 Å². The summed E-state index contributed by atoms with van der Waals surface area (Å²) in [7, 11) is 0. The van der Waals surface area contributed by atoms with Crippen LogP contribution in [0, 0.1) is 17.1 Å². The van der Waals surface area contributed by atoms with Gasteiger partial charge in [0.05, 0.1) is 12.8 Å². The van der Waals surface area contributed by atoms with Gasteiger partial charge in [-0.05, 0) is 59.7 Å². The van der Waals surface area contributed by atoms with E-state index in [2.05, 4.69) is 5.32 Å². The summed E-state index contributed by atoms with van der Waals surface area (Å²) in [6.07, 6.45) is 5.67. The van der Waals surface area contributed by atoms with Crippen LogP contribution in [0.1, 0.15) is 16.9 Å². The van der Waals surface area contributed by atoms with E-state index in [-0.39, 0.29) is 17.9 Å². The summed E-state index contributed by atoms with van der Waals surface area (Å²) < 4.78 is 23.2. The molecular formula is C24H17FN2O4. The molecule has 0 aliphatic heterocycles. The predicted octanol–water partition coefficient (Wildman–Crippen LogP) is 4.26. The highest BCUT2D eigenvalue weighted by molar-refractivity contribution is 6.01. The standard InChI is InChI=1S/C24H17FN2O4/c25-20-8-3-17(4-9-20)7-12-23(28)31-21-10-5-18(6-11-21)14-19(15-26)24(29)27-16-22-2-1-13-30-22/h1-14H,16H2,(H,27,29)/b12-7+,19-14+. The highest BCUT2D eigenvalue weighted by Crippen LogP contribution is 2.15. The van der Waals surface area contributed by atoms with Crippen LogP contribution < -0.4 is 10.1 Å². The number of nitrogens with one attached hydrogen (secondary N) is 1. The fourth-order valence-corrected chi connectivity index (χ4v) is 2.51. The molecule has 0 fully saturated rings. The number of carbonyl (C=O) groups excluding carboxylic acids is 2. The van der Waals surface area contributed by atoms with E-state index >= 15 is 0 Å². The molecule has 0 spiro atoms. The minimum atomic E-state index is -0.595. The second-order valence-corrected chi connectivity index (χ2v) is 6.31. The summed E-state index contributed by atoms with van der Waals surface area (Å²) in [6.45, 7) is 0.172. The maximum atomic E-state index is 12.9. The van der Waals surface area contributed by atoms with Gasteiger partial charge in [0.25, 0.3) is 5.91 Å². The highest BCUT2D eigenvalue weighted by Gasteiger charge is 2.10. The lowest BCUT2D eigenvalue weighted by Gasteiger charge is -2.04. The minimum absolute atomic E-state index is 0.0708. The maximum absolute atomic E-state index is 12.9. The summed E-state index contributed by atoms with van der Waals surface area (Å²) in [5, 5.41) is 11.9. The third-order valence-corrected chi connectivity index (χ3v) is 4.06. The average molecular weight is 416 g/mol. The first-order valence-corrected chi connectivity index (χ1v) is 9.21. The van der Waals surface area contributed by atoms with Crippen LogP contribution in [0.3, 0.4) is 0 Å². The van der Waals surface area contributed by atoms with E-state index in [0.717, 1.165) is 0 Å². The van der Waals surface area contributed by atoms with Crippen LogP contribution >= 0.6 is 0 Å². The van der Waals surface area contributed by atoms with Crippen LogP contribution in [-0.2, 0) is 16.1 Å². The summed E-state index contributed by atoms with van der Waals surface area (Å²) >= 11 is 0. The zero-order valence-corrected chi connectivity index (χ0v) is 16.2. The van der Waals surface area contributed by atoms with Crippen molar-refractivity contribution in [2.75, 3.05) is 0 Å². The van der Waals surface area contributed by atoms with Crippen LogP contribution in [0.25, 0.3) is 12.2 Å². The van der Waals surface area contributed by atoms with E-state index in [1.54, 1.807) is 36.4 Å². The lowest BCUT2D eigenvalue weighted by Crippen LogP contribution is -2.23. The molecule has 154 valence electrons. The van der Waals surface area contributed by atoms with Gasteiger partial charge in [0, 0.05) is 6.08 Å². The lowest BCUT2D eigenvalue weighted by molar-refractivity contribution is -0.128. The quantitative estimate of drug-likeness (QED) is 0.269. The fraction of sp³-hybridized carbons (Fsp3) is 0.0417. The molecule has 0 radical (unpaired) electrons. The van der Waals surface area contributed by atoms with Gasteiger partial charge in [-0.2, -0.15) is 5.26 Å². The smallest absolute Gasteiger partial charge is 0.336 e. The van der Waals surface area contributed by atoms with Crippen LogP contribution in [-0.4, -0.2) is 11.9 Å². The minimum Gasteiger partial charge on any atom is -0.467 e. The van der Waals surface area contributed by atoms with E-state index < -0.39 is 11.9 Å².